The van der Waals surface area contributed by atoms with Crippen LogP contribution < -0.4 is 0 Å². The molecular formula is C16H22O5. The second-order valence-corrected chi connectivity index (χ2v) is 4.95. The van der Waals surface area contributed by atoms with Gasteiger partial charge in [0.2, 0.25) is 0 Å². The van der Waals surface area contributed by atoms with Crippen molar-refractivity contribution >= 4 is 0 Å². The van der Waals surface area contributed by atoms with Gasteiger partial charge in [-0.1, -0.05) is 0 Å². The molecule has 2 aromatic heterocycles. The Morgan fingerprint density at radius 3 is 1.71 bits per heavy atom. The molecular weight excluding hydrogens is 272 g/mol. The van der Waals surface area contributed by atoms with Gasteiger partial charge in [-0.3, -0.25) is 0 Å². The van der Waals surface area contributed by atoms with Crippen LogP contribution in [0.3, 0.4) is 0 Å². The Bertz CT molecular complexity index is 419. The van der Waals surface area contributed by atoms with Crippen molar-refractivity contribution in [2.45, 2.75) is 39.3 Å². The van der Waals surface area contributed by atoms with Gasteiger partial charge < -0.3 is 23.0 Å². The van der Waals surface area contributed by atoms with Crippen LogP contribution >= 0.6 is 0 Å². The SMILES string of the molecule is CC(COCc1ccco1)OC(C)COCc1ccco1. The van der Waals surface area contributed by atoms with Gasteiger partial charge in [-0.2, -0.15) is 0 Å². The molecule has 2 heterocycles. The molecule has 0 spiro atoms. The van der Waals surface area contributed by atoms with E-state index in [1.807, 2.05) is 38.1 Å². The van der Waals surface area contributed by atoms with Gasteiger partial charge in [0.1, 0.15) is 24.7 Å². The molecule has 2 rings (SSSR count). The highest BCUT2D eigenvalue weighted by Gasteiger charge is 2.10. The van der Waals surface area contributed by atoms with Gasteiger partial charge in [-0.15, -0.1) is 0 Å². The van der Waals surface area contributed by atoms with Crippen molar-refractivity contribution in [3.8, 4) is 0 Å². The predicted octanol–water partition coefficient (Wildman–Crippen LogP) is 3.40. The van der Waals surface area contributed by atoms with Crippen LogP contribution in [-0.2, 0) is 27.4 Å². The standard InChI is InChI=1S/C16H22O5/c1-13(9-17-11-15-5-3-7-19-15)21-14(2)10-18-12-16-6-4-8-20-16/h3-8,13-14H,9-12H2,1-2H3. The molecule has 2 aromatic rings. The largest absolute Gasteiger partial charge is 0.467 e. The van der Waals surface area contributed by atoms with Crippen LogP contribution in [0.5, 0.6) is 0 Å². The first-order chi connectivity index (χ1) is 10.2. The molecule has 5 heteroatoms. The first-order valence-electron chi connectivity index (χ1n) is 7.09. The van der Waals surface area contributed by atoms with E-state index in [0.717, 1.165) is 11.5 Å². The molecule has 0 bridgehead atoms. The lowest BCUT2D eigenvalue weighted by Gasteiger charge is -2.19. The van der Waals surface area contributed by atoms with Gasteiger partial charge in [-0.05, 0) is 38.1 Å². The summed E-state index contributed by atoms with van der Waals surface area (Å²) in [4.78, 5) is 0. The Morgan fingerprint density at radius 2 is 1.33 bits per heavy atom. The molecule has 0 aliphatic heterocycles. The van der Waals surface area contributed by atoms with Gasteiger partial charge in [0.25, 0.3) is 0 Å². The molecule has 2 unspecified atom stereocenters. The maximum absolute atomic E-state index is 5.78. The summed E-state index contributed by atoms with van der Waals surface area (Å²) in [7, 11) is 0. The Labute approximate surface area is 124 Å². The second kappa shape index (κ2) is 8.67. The third-order valence-corrected chi connectivity index (χ3v) is 2.82. The van der Waals surface area contributed by atoms with Crippen LogP contribution in [0.1, 0.15) is 25.4 Å². The zero-order chi connectivity index (χ0) is 14.9. The fourth-order valence-corrected chi connectivity index (χ4v) is 1.92. The Kier molecular flexibility index (Phi) is 6.53. The van der Waals surface area contributed by atoms with Crippen molar-refractivity contribution in [3.05, 3.63) is 48.3 Å². The number of hydrogen-bond donors (Lipinski definition) is 0. The first kappa shape index (κ1) is 15.8. The minimum absolute atomic E-state index is 0.00201. The quantitative estimate of drug-likeness (QED) is 0.672. The minimum atomic E-state index is 0.00201. The van der Waals surface area contributed by atoms with Crippen LogP contribution in [0.2, 0.25) is 0 Å². The lowest BCUT2D eigenvalue weighted by atomic mass is 10.4. The summed E-state index contributed by atoms with van der Waals surface area (Å²) in [6.45, 7) is 5.91. The predicted molar refractivity (Wildman–Crippen MR) is 76.7 cm³/mol. The zero-order valence-corrected chi connectivity index (χ0v) is 12.5. The zero-order valence-electron chi connectivity index (χ0n) is 12.5. The molecule has 2 atom stereocenters. The Morgan fingerprint density at radius 1 is 0.857 bits per heavy atom. The van der Waals surface area contributed by atoms with Crippen molar-refractivity contribution in [1.29, 1.82) is 0 Å². The van der Waals surface area contributed by atoms with Crippen LogP contribution in [0.15, 0.2) is 45.6 Å². The fraction of sp³-hybridized carbons (Fsp3) is 0.500. The van der Waals surface area contributed by atoms with E-state index in [2.05, 4.69) is 0 Å². The van der Waals surface area contributed by atoms with Gasteiger partial charge in [0.15, 0.2) is 0 Å². The third kappa shape index (κ3) is 6.16. The lowest BCUT2D eigenvalue weighted by molar-refractivity contribution is -0.0779. The minimum Gasteiger partial charge on any atom is -0.467 e. The van der Waals surface area contributed by atoms with Crippen LogP contribution in [0.25, 0.3) is 0 Å². The number of hydrogen-bond acceptors (Lipinski definition) is 5. The van der Waals surface area contributed by atoms with E-state index in [-0.39, 0.29) is 12.2 Å². The molecule has 0 amide bonds. The summed E-state index contributed by atoms with van der Waals surface area (Å²) < 4.78 is 27.2. The van der Waals surface area contributed by atoms with Gasteiger partial charge >= 0.3 is 0 Å². The Hall–Kier alpha value is -1.56. The van der Waals surface area contributed by atoms with E-state index < -0.39 is 0 Å². The highest BCUT2D eigenvalue weighted by atomic mass is 16.6. The average Bonchev–Trinajstić information content (AvgIpc) is 3.11. The lowest BCUT2D eigenvalue weighted by Crippen LogP contribution is -2.25. The first-order valence-corrected chi connectivity index (χ1v) is 7.09. The van der Waals surface area contributed by atoms with E-state index in [9.17, 15) is 0 Å². The van der Waals surface area contributed by atoms with Crippen LogP contribution in [0.4, 0.5) is 0 Å². The Balaban J connectivity index is 1.53. The van der Waals surface area contributed by atoms with Gasteiger partial charge in [-0.25, -0.2) is 0 Å². The van der Waals surface area contributed by atoms with Crippen molar-refractivity contribution < 1.29 is 23.0 Å². The number of furan rings is 2. The summed E-state index contributed by atoms with van der Waals surface area (Å²) in [5.74, 6) is 1.63. The summed E-state index contributed by atoms with van der Waals surface area (Å²) in [6.07, 6.45) is 3.28. The fourth-order valence-electron chi connectivity index (χ4n) is 1.92. The summed E-state index contributed by atoms with van der Waals surface area (Å²) >= 11 is 0. The molecule has 0 aliphatic rings. The number of rotatable bonds is 10. The third-order valence-electron chi connectivity index (χ3n) is 2.82. The molecule has 0 N–H and O–H groups in total. The highest BCUT2D eigenvalue weighted by Crippen LogP contribution is 2.06. The molecule has 0 radical (unpaired) electrons. The number of ether oxygens (including phenoxy) is 3. The van der Waals surface area contributed by atoms with Gasteiger partial charge in [0, 0.05) is 0 Å². The molecule has 116 valence electrons. The molecule has 21 heavy (non-hydrogen) atoms. The smallest absolute Gasteiger partial charge is 0.129 e. The summed E-state index contributed by atoms with van der Waals surface area (Å²) in [5, 5.41) is 0. The normalized spacial score (nSPS) is 14.2. The van der Waals surface area contributed by atoms with Crippen molar-refractivity contribution in [1.82, 2.24) is 0 Å². The second-order valence-electron chi connectivity index (χ2n) is 4.95. The molecule has 0 fully saturated rings. The maximum atomic E-state index is 5.78. The van der Waals surface area contributed by atoms with E-state index >= 15 is 0 Å². The average molecular weight is 294 g/mol. The summed E-state index contributed by atoms with van der Waals surface area (Å²) in [5.41, 5.74) is 0. The van der Waals surface area contributed by atoms with E-state index in [1.165, 1.54) is 0 Å². The molecule has 0 aromatic carbocycles. The van der Waals surface area contributed by atoms with Crippen molar-refractivity contribution in [2.24, 2.45) is 0 Å². The summed E-state index contributed by atoms with van der Waals surface area (Å²) in [6, 6.07) is 7.46. The molecule has 0 aliphatic carbocycles. The van der Waals surface area contributed by atoms with Crippen molar-refractivity contribution in [2.75, 3.05) is 13.2 Å². The van der Waals surface area contributed by atoms with E-state index in [4.69, 9.17) is 23.0 Å². The van der Waals surface area contributed by atoms with Crippen LogP contribution in [0, 0.1) is 0 Å². The van der Waals surface area contributed by atoms with Crippen LogP contribution in [-0.4, -0.2) is 25.4 Å². The highest BCUT2D eigenvalue weighted by molar-refractivity contribution is 4.96. The van der Waals surface area contributed by atoms with E-state index in [1.54, 1.807) is 12.5 Å². The molecule has 0 saturated carbocycles. The van der Waals surface area contributed by atoms with Crippen molar-refractivity contribution in [3.63, 3.8) is 0 Å². The molecule has 5 nitrogen and oxygen atoms in total. The monoisotopic (exact) mass is 294 g/mol. The topological polar surface area (TPSA) is 54.0 Å². The maximum Gasteiger partial charge on any atom is 0.129 e. The molecule has 0 saturated heterocycles. The van der Waals surface area contributed by atoms with Gasteiger partial charge in [0.05, 0.1) is 37.9 Å². The van der Waals surface area contributed by atoms with E-state index in [0.29, 0.717) is 26.4 Å².